The Kier molecular flexibility index (Phi) is 7.49. The summed E-state index contributed by atoms with van der Waals surface area (Å²) in [6.45, 7) is 5.67. The summed E-state index contributed by atoms with van der Waals surface area (Å²) in [4.78, 5) is 41.3. The summed E-state index contributed by atoms with van der Waals surface area (Å²) in [6, 6.07) is 19.4. The Hall–Kier alpha value is -3.29. The third-order valence-corrected chi connectivity index (χ3v) is 11.0. The molecule has 0 aromatic heterocycles. The molecule has 0 spiro atoms. The molecule has 8 heteroatoms. The van der Waals surface area contributed by atoms with Crippen LogP contribution in [0.4, 0.5) is 8.78 Å². The Bertz CT molecular complexity index is 1300. The van der Waals surface area contributed by atoms with E-state index in [9.17, 15) is 23.2 Å². The van der Waals surface area contributed by atoms with Gasteiger partial charge in [-0.25, -0.2) is 0 Å². The van der Waals surface area contributed by atoms with Crippen LogP contribution in [0.3, 0.4) is 0 Å². The molecule has 220 valence electrons. The molecule has 2 aliphatic heterocycles. The standard InChI is InChI=1S/C17H20FNO3.C16H20FNO/c1-12(13-6-4-3-5-7-13)19-11-16(10-18)8-9-17(16,14(19)20)15(21)22-2;1-12(13-6-4-3-5-7-13)18-11-16(10-17)9-8-15(16,2)14(18)19/h3-7,12H,8-11H2,1-2H3;3-7,12H,8-11H2,1-2H3/t12-,16+,17+;12-,15+,16+/m11/s1. The first kappa shape index (κ1) is 29.2. The minimum absolute atomic E-state index is 0.0274. The molecule has 2 saturated carbocycles. The summed E-state index contributed by atoms with van der Waals surface area (Å²) in [5.74, 6) is -0.753. The highest BCUT2D eigenvalue weighted by Crippen LogP contribution is 2.64. The van der Waals surface area contributed by atoms with E-state index in [0.29, 0.717) is 19.4 Å². The van der Waals surface area contributed by atoms with Crippen LogP contribution >= 0.6 is 0 Å². The average molecular weight is 567 g/mol. The molecule has 0 bridgehead atoms. The van der Waals surface area contributed by atoms with Crippen molar-refractivity contribution < 1.29 is 27.9 Å². The van der Waals surface area contributed by atoms with Crippen LogP contribution < -0.4 is 0 Å². The summed E-state index contributed by atoms with van der Waals surface area (Å²) in [5.41, 5.74) is -1.03. The molecule has 0 radical (unpaired) electrons. The van der Waals surface area contributed by atoms with Gasteiger partial charge in [0.2, 0.25) is 11.8 Å². The number of rotatable bonds is 7. The molecule has 41 heavy (non-hydrogen) atoms. The van der Waals surface area contributed by atoms with Gasteiger partial charge in [0.15, 0.2) is 5.41 Å². The summed E-state index contributed by atoms with van der Waals surface area (Å²) < 4.78 is 32.1. The smallest absolute Gasteiger partial charge is 0.322 e. The lowest BCUT2D eigenvalue weighted by molar-refractivity contribution is -0.178. The van der Waals surface area contributed by atoms with Gasteiger partial charge in [-0.1, -0.05) is 67.6 Å². The lowest BCUT2D eigenvalue weighted by Crippen LogP contribution is -2.58. The highest BCUT2D eigenvalue weighted by atomic mass is 19.1. The van der Waals surface area contributed by atoms with Gasteiger partial charge in [-0.05, 0) is 50.7 Å². The van der Waals surface area contributed by atoms with Crippen LogP contribution in [0.15, 0.2) is 60.7 Å². The Morgan fingerprint density at radius 3 is 1.61 bits per heavy atom. The van der Waals surface area contributed by atoms with E-state index >= 15 is 0 Å². The fourth-order valence-electron chi connectivity index (χ4n) is 7.58. The van der Waals surface area contributed by atoms with E-state index in [1.807, 2.05) is 86.3 Å². The normalized spacial score (nSPS) is 33.0. The van der Waals surface area contributed by atoms with Gasteiger partial charge in [0.1, 0.15) is 0 Å². The van der Waals surface area contributed by atoms with Gasteiger partial charge in [0.25, 0.3) is 0 Å². The maximum Gasteiger partial charge on any atom is 0.322 e. The van der Waals surface area contributed by atoms with Crippen LogP contribution in [0.25, 0.3) is 0 Å². The van der Waals surface area contributed by atoms with Crippen molar-refractivity contribution in [1.29, 1.82) is 0 Å². The van der Waals surface area contributed by atoms with Crippen molar-refractivity contribution in [2.75, 3.05) is 33.5 Å². The zero-order valence-electron chi connectivity index (χ0n) is 24.4. The third kappa shape index (κ3) is 4.03. The molecule has 0 N–H and O–H groups in total. The Labute approximate surface area is 241 Å². The number of alkyl halides is 2. The monoisotopic (exact) mass is 566 g/mol. The van der Waals surface area contributed by atoms with Gasteiger partial charge >= 0.3 is 5.97 Å². The zero-order valence-corrected chi connectivity index (χ0v) is 24.4. The number of carbonyl (C=O) groups excluding carboxylic acids is 3. The highest BCUT2D eigenvalue weighted by Gasteiger charge is 2.75. The van der Waals surface area contributed by atoms with E-state index in [0.717, 1.165) is 24.0 Å². The number of likely N-dealkylation sites (tertiary alicyclic amines) is 2. The number of hydrogen-bond acceptors (Lipinski definition) is 4. The number of esters is 1. The van der Waals surface area contributed by atoms with Gasteiger partial charge in [0.05, 0.1) is 38.0 Å². The Morgan fingerprint density at radius 1 is 0.780 bits per heavy atom. The van der Waals surface area contributed by atoms with Crippen molar-refractivity contribution in [2.24, 2.45) is 21.7 Å². The van der Waals surface area contributed by atoms with E-state index < -0.39 is 34.3 Å². The SMILES string of the molecule is COC(=O)[C@@]12CC[C@]1(CF)CN([C@H](C)c1ccccc1)C2=O.C[C@H](c1ccccc1)N1C[C@@]2(CF)CC[C@@]2(C)C1=O. The number of methoxy groups -OCH3 is 1. The topological polar surface area (TPSA) is 66.9 Å². The van der Waals surface area contributed by atoms with Gasteiger partial charge in [-0.15, -0.1) is 0 Å². The number of halogens is 2. The van der Waals surface area contributed by atoms with Crippen molar-refractivity contribution >= 4 is 17.8 Å². The molecule has 6 nitrogen and oxygen atoms in total. The molecule has 2 saturated heterocycles. The Balaban J connectivity index is 0.000000166. The molecule has 6 rings (SSSR count). The number of nitrogens with zero attached hydrogens (tertiary/aromatic N) is 2. The van der Waals surface area contributed by atoms with Crippen LogP contribution in [0.1, 0.15) is 69.7 Å². The molecule has 4 aliphatic rings. The van der Waals surface area contributed by atoms with Crippen LogP contribution in [-0.4, -0.2) is 61.1 Å². The molecule has 4 fully saturated rings. The van der Waals surface area contributed by atoms with E-state index in [-0.39, 0.29) is 37.1 Å². The lowest BCUT2D eigenvalue weighted by atomic mass is 9.51. The van der Waals surface area contributed by atoms with Crippen LogP contribution in [0.5, 0.6) is 0 Å². The minimum Gasteiger partial charge on any atom is -0.468 e. The molecule has 2 heterocycles. The van der Waals surface area contributed by atoms with E-state index in [4.69, 9.17) is 4.74 Å². The van der Waals surface area contributed by atoms with Crippen molar-refractivity contribution in [3.8, 4) is 0 Å². The predicted octanol–water partition coefficient (Wildman–Crippen LogP) is 5.84. The molecule has 0 unspecified atom stereocenters. The van der Waals surface area contributed by atoms with Crippen molar-refractivity contribution in [2.45, 2.75) is 58.5 Å². The first-order valence-electron chi connectivity index (χ1n) is 14.5. The fraction of sp³-hybridized carbons (Fsp3) is 0.545. The number of ether oxygens (including phenoxy) is 1. The van der Waals surface area contributed by atoms with E-state index in [1.165, 1.54) is 7.11 Å². The van der Waals surface area contributed by atoms with E-state index in [1.54, 1.807) is 4.90 Å². The summed E-state index contributed by atoms with van der Waals surface area (Å²) >= 11 is 0. The maximum atomic E-state index is 13.8. The second-order valence-corrected chi connectivity index (χ2v) is 12.6. The lowest BCUT2D eigenvalue weighted by Gasteiger charge is -2.49. The molecule has 2 amide bonds. The summed E-state index contributed by atoms with van der Waals surface area (Å²) in [7, 11) is 1.26. The largest absolute Gasteiger partial charge is 0.468 e. The van der Waals surface area contributed by atoms with E-state index in [2.05, 4.69) is 0 Å². The second-order valence-electron chi connectivity index (χ2n) is 12.6. The second kappa shape index (κ2) is 10.5. The third-order valence-electron chi connectivity index (χ3n) is 11.0. The maximum absolute atomic E-state index is 13.8. The van der Waals surface area contributed by atoms with Gasteiger partial charge in [-0.3, -0.25) is 23.2 Å². The fourth-order valence-corrected chi connectivity index (χ4v) is 7.58. The molecular formula is C33H40F2N2O4. The summed E-state index contributed by atoms with van der Waals surface area (Å²) in [5, 5.41) is 0. The van der Waals surface area contributed by atoms with Gasteiger partial charge < -0.3 is 14.5 Å². The number of carbonyl (C=O) groups is 3. The highest BCUT2D eigenvalue weighted by molar-refractivity contribution is 6.07. The van der Waals surface area contributed by atoms with Gasteiger partial charge in [-0.2, -0.15) is 0 Å². The first-order chi connectivity index (χ1) is 19.6. The van der Waals surface area contributed by atoms with Crippen molar-refractivity contribution in [1.82, 2.24) is 9.80 Å². The molecule has 2 aromatic carbocycles. The molecule has 2 aromatic rings. The van der Waals surface area contributed by atoms with Gasteiger partial charge in [0, 0.05) is 23.9 Å². The zero-order chi connectivity index (χ0) is 29.6. The number of benzene rings is 2. The van der Waals surface area contributed by atoms with Crippen molar-refractivity contribution in [3.05, 3.63) is 71.8 Å². The molecular weight excluding hydrogens is 526 g/mol. The minimum atomic E-state index is -1.32. The average Bonchev–Trinajstić information content (AvgIpc) is 3.26. The molecule has 6 atom stereocenters. The van der Waals surface area contributed by atoms with Crippen LogP contribution in [-0.2, 0) is 19.1 Å². The van der Waals surface area contributed by atoms with Crippen LogP contribution in [0, 0.1) is 21.7 Å². The van der Waals surface area contributed by atoms with Crippen molar-refractivity contribution in [3.63, 3.8) is 0 Å². The number of fused-ring (bicyclic) bond motifs is 2. The van der Waals surface area contributed by atoms with Crippen LogP contribution in [0.2, 0.25) is 0 Å². The number of amides is 2. The first-order valence-corrected chi connectivity index (χ1v) is 14.5. The number of hydrogen-bond donors (Lipinski definition) is 0. The molecule has 2 aliphatic carbocycles. The predicted molar refractivity (Wildman–Crippen MR) is 151 cm³/mol. The quantitative estimate of drug-likeness (QED) is 0.312. The Morgan fingerprint density at radius 2 is 1.24 bits per heavy atom. The summed E-state index contributed by atoms with van der Waals surface area (Å²) in [6.07, 6.45) is 2.58.